The molecule has 0 radical (unpaired) electrons. The molecule has 7 nitrogen and oxygen atoms in total. The van der Waals surface area contributed by atoms with Gasteiger partial charge in [0.2, 0.25) is 0 Å². The van der Waals surface area contributed by atoms with E-state index in [9.17, 15) is 19.3 Å². The molecule has 24 heavy (non-hydrogen) atoms. The number of benzene rings is 1. The first kappa shape index (κ1) is 18.0. The summed E-state index contributed by atoms with van der Waals surface area (Å²) in [5.74, 6) is -0.511. The third-order valence-corrected chi connectivity index (χ3v) is 3.87. The summed E-state index contributed by atoms with van der Waals surface area (Å²) in [6, 6.07) is 4.33. The van der Waals surface area contributed by atoms with Crippen molar-refractivity contribution in [2.24, 2.45) is 0 Å². The van der Waals surface area contributed by atoms with Crippen LogP contribution in [0.1, 0.15) is 38.7 Å². The highest BCUT2D eigenvalue weighted by molar-refractivity contribution is 5.68. The summed E-state index contributed by atoms with van der Waals surface area (Å²) in [5.41, 5.74) is 5.27. The Bertz CT molecular complexity index is 645. The molecule has 1 saturated heterocycles. The van der Waals surface area contributed by atoms with Gasteiger partial charge in [-0.2, -0.15) is 0 Å². The van der Waals surface area contributed by atoms with Crippen LogP contribution in [0.2, 0.25) is 0 Å². The maximum absolute atomic E-state index is 14.6. The molecule has 2 rings (SSSR count). The summed E-state index contributed by atoms with van der Waals surface area (Å²) in [5, 5.41) is 11.0. The molecule has 1 aromatic carbocycles. The van der Waals surface area contributed by atoms with Crippen LogP contribution in [0.3, 0.4) is 0 Å². The highest BCUT2D eigenvalue weighted by atomic mass is 19.1. The zero-order valence-corrected chi connectivity index (χ0v) is 14.0. The quantitative estimate of drug-likeness (QED) is 0.506. The number of carbonyl (C=O) groups is 1. The Hall–Kier alpha value is -2.38. The van der Waals surface area contributed by atoms with Gasteiger partial charge in [0.25, 0.3) is 5.69 Å². The fourth-order valence-corrected chi connectivity index (χ4v) is 2.72. The fourth-order valence-electron chi connectivity index (χ4n) is 2.72. The smallest absolute Gasteiger partial charge is 0.410 e. The zero-order valence-electron chi connectivity index (χ0n) is 14.0. The van der Waals surface area contributed by atoms with Crippen molar-refractivity contribution < 1.29 is 18.8 Å². The number of hydrogen-bond donors (Lipinski definition) is 1. The van der Waals surface area contributed by atoms with Crippen molar-refractivity contribution in [3.05, 3.63) is 33.9 Å². The molecule has 1 heterocycles. The number of halogens is 1. The molecule has 1 fully saturated rings. The average Bonchev–Trinajstić information content (AvgIpc) is 2.46. The molecule has 1 aromatic rings. The van der Waals surface area contributed by atoms with Crippen LogP contribution in [0.25, 0.3) is 0 Å². The van der Waals surface area contributed by atoms with E-state index in [1.165, 1.54) is 17.0 Å². The van der Waals surface area contributed by atoms with Crippen LogP contribution >= 0.6 is 0 Å². The third-order valence-electron chi connectivity index (χ3n) is 3.87. The number of nitrogen functional groups attached to an aromatic ring is 1. The Kier molecular flexibility index (Phi) is 4.96. The third kappa shape index (κ3) is 4.12. The van der Waals surface area contributed by atoms with Gasteiger partial charge < -0.3 is 15.4 Å². The van der Waals surface area contributed by atoms with Gasteiger partial charge in [0, 0.05) is 18.5 Å². The number of rotatable bonds is 2. The number of anilines is 1. The molecule has 1 aliphatic rings. The predicted molar refractivity (Wildman–Crippen MR) is 87.6 cm³/mol. The van der Waals surface area contributed by atoms with Crippen molar-refractivity contribution in [3.8, 4) is 0 Å². The SMILES string of the molecule is CC(C)(C)OC(=O)N1CCC(c2ccc(N)c([N+](=O)[O-])c2)C(F)C1. The lowest BCUT2D eigenvalue weighted by Crippen LogP contribution is -2.46. The monoisotopic (exact) mass is 339 g/mol. The van der Waals surface area contributed by atoms with E-state index in [1.54, 1.807) is 26.8 Å². The maximum atomic E-state index is 14.6. The van der Waals surface area contributed by atoms with E-state index < -0.39 is 28.7 Å². The standard InChI is InChI=1S/C16H22FN3O4/c1-16(2,3)24-15(21)19-7-6-11(12(17)9-19)10-4-5-13(18)14(8-10)20(22)23/h4-5,8,11-12H,6-7,9,18H2,1-3H3. The van der Waals surface area contributed by atoms with Crippen LogP contribution in [-0.2, 0) is 4.74 Å². The van der Waals surface area contributed by atoms with Crippen molar-refractivity contribution in [1.29, 1.82) is 0 Å². The summed E-state index contributed by atoms with van der Waals surface area (Å²) in [6.07, 6.45) is -1.51. The highest BCUT2D eigenvalue weighted by Gasteiger charge is 2.35. The molecule has 2 N–H and O–H groups in total. The topological polar surface area (TPSA) is 98.7 Å². The van der Waals surface area contributed by atoms with Gasteiger partial charge in [-0.1, -0.05) is 6.07 Å². The second kappa shape index (κ2) is 6.62. The minimum absolute atomic E-state index is 0.0466. The Morgan fingerprint density at radius 1 is 1.46 bits per heavy atom. The molecule has 0 bridgehead atoms. The van der Waals surface area contributed by atoms with E-state index in [4.69, 9.17) is 10.5 Å². The molecule has 2 unspecified atom stereocenters. The summed E-state index contributed by atoms with van der Waals surface area (Å²) in [4.78, 5) is 23.7. The molecule has 1 amide bonds. The minimum atomic E-state index is -1.32. The van der Waals surface area contributed by atoms with E-state index in [-0.39, 0.29) is 17.9 Å². The number of likely N-dealkylation sites (tertiary alicyclic amines) is 1. The highest BCUT2D eigenvalue weighted by Crippen LogP contribution is 2.34. The number of nitro benzene ring substituents is 1. The lowest BCUT2D eigenvalue weighted by Gasteiger charge is -2.35. The van der Waals surface area contributed by atoms with E-state index in [1.807, 2.05) is 0 Å². The van der Waals surface area contributed by atoms with Gasteiger partial charge in [0.15, 0.2) is 0 Å². The number of amides is 1. The van der Waals surface area contributed by atoms with E-state index in [0.29, 0.717) is 18.5 Å². The molecule has 0 aromatic heterocycles. The fraction of sp³-hybridized carbons (Fsp3) is 0.562. The summed E-state index contributed by atoms with van der Waals surface area (Å²) in [6.45, 7) is 5.48. The van der Waals surface area contributed by atoms with Crippen molar-refractivity contribution in [3.63, 3.8) is 0 Å². The van der Waals surface area contributed by atoms with E-state index in [0.717, 1.165) is 0 Å². The number of piperidine rings is 1. The molecule has 2 atom stereocenters. The number of nitrogens with two attached hydrogens (primary N) is 1. The first-order valence-electron chi connectivity index (χ1n) is 7.74. The van der Waals surface area contributed by atoms with E-state index >= 15 is 0 Å². The van der Waals surface area contributed by atoms with Crippen LogP contribution in [-0.4, -0.2) is 40.8 Å². The van der Waals surface area contributed by atoms with Crippen molar-refractivity contribution >= 4 is 17.5 Å². The summed E-state index contributed by atoms with van der Waals surface area (Å²) < 4.78 is 19.8. The number of ether oxygens (including phenoxy) is 1. The van der Waals surface area contributed by atoms with Gasteiger partial charge in [-0.05, 0) is 38.8 Å². The summed E-state index contributed by atoms with van der Waals surface area (Å²) in [7, 11) is 0. The van der Waals surface area contributed by atoms with Crippen LogP contribution in [0, 0.1) is 10.1 Å². The number of nitro groups is 1. The van der Waals surface area contributed by atoms with Crippen molar-refractivity contribution in [1.82, 2.24) is 4.90 Å². The second-order valence-corrected chi connectivity index (χ2v) is 6.91. The van der Waals surface area contributed by atoms with Gasteiger partial charge in [0.1, 0.15) is 17.5 Å². The van der Waals surface area contributed by atoms with E-state index in [2.05, 4.69) is 0 Å². The van der Waals surface area contributed by atoms with Crippen LogP contribution < -0.4 is 5.73 Å². The number of nitrogens with zero attached hydrogens (tertiary/aromatic N) is 2. The van der Waals surface area contributed by atoms with Crippen LogP contribution in [0.15, 0.2) is 18.2 Å². The Morgan fingerprint density at radius 3 is 2.67 bits per heavy atom. The number of alkyl halides is 1. The Morgan fingerprint density at radius 2 is 2.12 bits per heavy atom. The second-order valence-electron chi connectivity index (χ2n) is 6.91. The number of hydrogen-bond acceptors (Lipinski definition) is 5. The largest absolute Gasteiger partial charge is 0.444 e. The lowest BCUT2D eigenvalue weighted by molar-refractivity contribution is -0.384. The molecule has 0 saturated carbocycles. The number of carbonyl (C=O) groups excluding carboxylic acids is 1. The Balaban J connectivity index is 2.10. The molecular weight excluding hydrogens is 317 g/mol. The molecule has 132 valence electrons. The lowest BCUT2D eigenvalue weighted by atomic mass is 9.87. The normalized spacial score (nSPS) is 21.4. The van der Waals surface area contributed by atoms with Crippen molar-refractivity contribution in [2.75, 3.05) is 18.8 Å². The van der Waals surface area contributed by atoms with Crippen molar-refractivity contribution in [2.45, 2.75) is 44.9 Å². The predicted octanol–water partition coefficient (Wildman–Crippen LogP) is 3.24. The van der Waals surface area contributed by atoms with Gasteiger partial charge in [-0.25, -0.2) is 9.18 Å². The van der Waals surface area contributed by atoms with Gasteiger partial charge >= 0.3 is 6.09 Å². The Labute approximate surface area is 139 Å². The van der Waals surface area contributed by atoms with Crippen LogP contribution in [0.4, 0.5) is 20.6 Å². The first-order chi connectivity index (χ1) is 11.1. The molecule has 0 aliphatic carbocycles. The maximum Gasteiger partial charge on any atom is 0.410 e. The molecular formula is C16H22FN3O4. The molecule has 1 aliphatic heterocycles. The molecule has 8 heteroatoms. The average molecular weight is 339 g/mol. The van der Waals surface area contributed by atoms with Crippen LogP contribution in [0.5, 0.6) is 0 Å². The minimum Gasteiger partial charge on any atom is -0.444 e. The zero-order chi connectivity index (χ0) is 18.1. The van der Waals surface area contributed by atoms with Gasteiger partial charge in [0.05, 0.1) is 11.5 Å². The first-order valence-corrected chi connectivity index (χ1v) is 7.74. The summed E-state index contributed by atoms with van der Waals surface area (Å²) >= 11 is 0. The van der Waals surface area contributed by atoms with Gasteiger partial charge in [-0.15, -0.1) is 0 Å². The van der Waals surface area contributed by atoms with Gasteiger partial charge in [-0.3, -0.25) is 10.1 Å². The molecule has 0 spiro atoms.